The quantitative estimate of drug-likeness (QED) is 0.863. The highest BCUT2D eigenvalue weighted by Crippen LogP contribution is 2.18. The molecule has 3 rings (SSSR count). The first-order valence-corrected chi connectivity index (χ1v) is 8.34. The third kappa shape index (κ3) is 4.74. The minimum atomic E-state index is -0.0768. The Kier molecular flexibility index (Phi) is 5.57. The van der Waals surface area contributed by atoms with Crippen LogP contribution >= 0.6 is 0 Å². The van der Waals surface area contributed by atoms with Crippen molar-refractivity contribution in [2.75, 3.05) is 45.6 Å². The minimum Gasteiger partial charge on any atom is -0.380 e. The maximum absolute atomic E-state index is 12.3. The fourth-order valence-electron chi connectivity index (χ4n) is 2.82. The molecule has 132 valence electrons. The molecule has 0 aliphatic carbocycles. The summed E-state index contributed by atoms with van der Waals surface area (Å²) in [6.45, 7) is 3.89. The van der Waals surface area contributed by atoms with Crippen LogP contribution in [0.3, 0.4) is 0 Å². The zero-order chi connectivity index (χ0) is 17.6. The van der Waals surface area contributed by atoms with E-state index in [0.717, 1.165) is 30.8 Å². The molecule has 1 fully saturated rings. The molecule has 0 saturated carbocycles. The van der Waals surface area contributed by atoms with Crippen LogP contribution in [-0.2, 0) is 4.74 Å². The van der Waals surface area contributed by atoms with Gasteiger partial charge in [-0.2, -0.15) is 0 Å². The number of ether oxygens (including phenoxy) is 1. The fraction of sp³-hybridized carbons (Fsp3) is 0.389. The molecule has 1 aromatic carbocycles. The summed E-state index contributed by atoms with van der Waals surface area (Å²) in [6, 6.07) is 7.37. The van der Waals surface area contributed by atoms with Crippen LogP contribution in [0.15, 0.2) is 36.7 Å². The van der Waals surface area contributed by atoms with Gasteiger partial charge >= 0.3 is 0 Å². The Morgan fingerprint density at radius 2 is 2.00 bits per heavy atom. The van der Waals surface area contributed by atoms with E-state index in [1.807, 2.05) is 12.1 Å². The Bertz CT molecular complexity index is 702. The molecule has 0 spiro atoms. The monoisotopic (exact) mass is 341 g/mol. The predicted octanol–water partition coefficient (Wildman–Crippen LogP) is 1.03. The second kappa shape index (κ2) is 8.04. The van der Waals surface area contributed by atoms with E-state index < -0.39 is 0 Å². The lowest BCUT2D eigenvalue weighted by atomic mass is 10.1. The number of nitrogen functional groups attached to an aromatic ring is 1. The zero-order valence-corrected chi connectivity index (χ0v) is 14.3. The van der Waals surface area contributed by atoms with Crippen molar-refractivity contribution in [2.45, 2.75) is 0 Å². The normalized spacial score (nSPS) is 18.5. The van der Waals surface area contributed by atoms with Crippen LogP contribution in [0.2, 0.25) is 0 Å². The van der Waals surface area contributed by atoms with Gasteiger partial charge in [-0.25, -0.2) is 9.97 Å². The lowest BCUT2D eigenvalue weighted by Crippen LogP contribution is -2.35. The Hall–Kier alpha value is -2.51. The summed E-state index contributed by atoms with van der Waals surface area (Å²) in [5, 5.41) is 3.00. The van der Waals surface area contributed by atoms with E-state index in [4.69, 9.17) is 10.5 Å². The van der Waals surface area contributed by atoms with Gasteiger partial charge in [0.2, 0.25) is 5.95 Å². The van der Waals surface area contributed by atoms with Gasteiger partial charge in [-0.3, -0.25) is 4.79 Å². The van der Waals surface area contributed by atoms with Crippen LogP contribution in [0.5, 0.6) is 0 Å². The number of likely N-dealkylation sites (N-methyl/N-ethyl adjacent to an activating group) is 1. The van der Waals surface area contributed by atoms with Gasteiger partial charge in [0.15, 0.2) is 0 Å². The Morgan fingerprint density at radius 1 is 1.28 bits per heavy atom. The summed E-state index contributed by atoms with van der Waals surface area (Å²) in [7, 11) is 2.07. The fourth-order valence-corrected chi connectivity index (χ4v) is 2.82. The first-order chi connectivity index (χ1) is 12.1. The van der Waals surface area contributed by atoms with Crippen molar-refractivity contribution < 1.29 is 9.53 Å². The lowest BCUT2D eigenvalue weighted by Gasteiger charge is -2.19. The maximum atomic E-state index is 12.3. The average molecular weight is 341 g/mol. The van der Waals surface area contributed by atoms with Gasteiger partial charge in [0, 0.05) is 49.1 Å². The van der Waals surface area contributed by atoms with Crippen LogP contribution < -0.4 is 11.1 Å². The average Bonchev–Trinajstić information content (AvgIpc) is 2.84. The predicted molar refractivity (Wildman–Crippen MR) is 96.0 cm³/mol. The molecule has 2 aromatic rings. The Balaban J connectivity index is 1.58. The number of nitrogens with zero attached hydrogens (tertiary/aromatic N) is 3. The van der Waals surface area contributed by atoms with Gasteiger partial charge < -0.3 is 20.7 Å². The van der Waals surface area contributed by atoms with Gasteiger partial charge in [-0.1, -0.05) is 12.1 Å². The number of hydrogen-bond acceptors (Lipinski definition) is 6. The summed E-state index contributed by atoms with van der Waals surface area (Å²) in [4.78, 5) is 22.5. The number of amides is 1. The van der Waals surface area contributed by atoms with Crippen LogP contribution in [0.1, 0.15) is 10.4 Å². The summed E-state index contributed by atoms with van der Waals surface area (Å²) in [5.41, 5.74) is 7.92. The van der Waals surface area contributed by atoms with Crippen LogP contribution in [0.25, 0.3) is 11.1 Å². The van der Waals surface area contributed by atoms with Gasteiger partial charge in [0.1, 0.15) is 0 Å². The third-order valence-corrected chi connectivity index (χ3v) is 4.24. The van der Waals surface area contributed by atoms with Crippen LogP contribution in [0, 0.1) is 5.92 Å². The molecule has 25 heavy (non-hydrogen) atoms. The van der Waals surface area contributed by atoms with E-state index in [-0.39, 0.29) is 11.9 Å². The molecule has 0 bridgehead atoms. The molecule has 1 saturated heterocycles. The van der Waals surface area contributed by atoms with Gasteiger partial charge in [0.05, 0.1) is 13.2 Å². The highest BCUT2D eigenvalue weighted by Gasteiger charge is 2.17. The lowest BCUT2D eigenvalue weighted by molar-refractivity contribution is 0.0921. The molecule has 2 heterocycles. The minimum absolute atomic E-state index is 0.0768. The third-order valence-electron chi connectivity index (χ3n) is 4.24. The van der Waals surface area contributed by atoms with E-state index in [1.54, 1.807) is 24.5 Å². The van der Waals surface area contributed by atoms with E-state index in [2.05, 4.69) is 27.2 Å². The summed E-state index contributed by atoms with van der Waals surface area (Å²) >= 11 is 0. The van der Waals surface area contributed by atoms with Crippen molar-refractivity contribution in [3.05, 3.63) is 42.2 Å². The number of carbonyl (C=O) groups is 1. The number of rotatable bonds is 4. The maximum Gasteiger partial charge on any atom is 0.251 e. The molecule has 1 amide bonds. The van der Waals surface area contributed by atoms with Crippen molar-refractivity contribution in [1.29, 1.82) is 0 Å². The Labute approximate surface area is 147 Å². The standard InChI is InChI=1S/C18H23N5O2/c1-23-6-7-25-12-13(11-23)8-20-17(24)15-4-2-14(3-5-15)16-9-21-18(19)22-10-16/h2-5,9-10,13H,6-8,11-12H2,1H3,(H,20,24)(H2,19,21,22)/t13-/m1/s1. The smallest absolute Gasteiger partial charge is 0.251 e. The second-order valence-corrected chi connectivity index (χ2v) is 6.32. The number of anilines is 1. The van der Waals surface area contributed by atoms with Crippen molar-refractivity contribution >= 4 is 11.9 Å². The summed E-state index contributed by atoms with van der Waals surface area (Å²) in [5.74, 6) is 0.475. The first kappa shape index (κ1) is 17.3. The molecule has 1 aliphatic rings. The largest absolute Gasteiger partial charge is 0.380 e. The number of nitrogens with two attached hydrogens (primary N) is 1. The Morgan fingerprint density at radius 3 is 2.72 bits per heavy atom. The van der Waals surface area contributed by atoms with E-state index in [1.165, 1.54) is 0 Å². The van der Waals surface area contributed by atoms with Crippen LogP contribution in [-0.4, -0.2) is 60.7 Å². The number of nitrogens with one attached hydrogen (secondary N) is 1. The first-order valence-electron chi connectivity index (χ1n) is 8.34. The SMILES string of the molecule is CN1CCOC[C@H](CNC(=O)c2ccc(-c3cnc(N)nc3)cc2)C1. The number of benzene rings is 1. The molecule has 1 aromatic heterocycles. The van der Waals surface area contributed by atoms with Gasteiger partial charge in [0.25, 0.3) is 5.91 Å². The molecule has 7 nitrogen and oxygen atoms in total. The van der Waals surface area contributed by atoms with Crippen molar-refractivity contribution in [2.24, 2.45) is 5.92 Å². The van der Waals surface area contributed by atoms with Crippen molar-refractivity contribution in [3.8, 4) is 11.1 Å². The van der Waals surface area contributed by atoms with Gasteiger partial charge in [-0.05, 0) is 24.7 Å². The molecule has 1 atom stereocenters. The molecule has 7 heteroatoms. The van der Waals surface area contributed by atoms with Crippen LogP contribution in [0.4, 0.5) is 5.95 Å². The molecular formula is C18H23N5O2. The highest BCUT2D eigenvalue weighted by atomic mass is 16.5. The summed E-state index contributed by atoms with van der Waals surface area (Å²) < 4.78 is 5.57. The number of carbonyl (C=O) groups excluding carboxylic acids is 1. The number of aromatic nitrogens is 2. The molecule has 1 aliphatic heterocycles. The zero-order valence-electron chi connectivity index (χ0n) is 14.3. The van der Waals surface area contributed by atoms with E-state index >= 15 is 0 Å². The van der Waals surface area contributed by atoms with E-state index in [9.17, 15) is 4.79 Å². The highest BCUT2D eigenvalue weighted by molar-refractivity contribution is 5.94. The summed E-state index contributed by atoms with van der Waals surface area (Å²) in [6.07, 6.45) is 3.33. The molecule has 0 radical (unpaired) electrons. The second-order valence-electron chi connectivity index (χ2n) is 6.32. The molecule has 0 unspecified atom stereocenters. The van der Waals surface area contributed by atoms with Crippen molar-refractivity contribution in [1.82, 2.24) is 20.2 Å². The number of hydrogen-bond donors (Lipinski definition) is 2. The van der Waals surface area contributed by atoms with E-state index in [0.29, 0.717) is 24.6 Å². The molecular weight excluding hydrogens is 318 g/mol. The van der Waals surface area contributed by atoms with Crippen molar-refractivity contribution in [3.63, 3.8) is 0 Å². The van der Waals surface area contributed by atoms with Gasteiger partial charge in [-0.15, -0.1) is 0 Å². The molecule has 3 N–H and O–H groups in total. The topological polar surface area (TPSA) is 93.4 Å².